The van der Waals surface area contributed by atoms with Gasteiger partial charge in [-0.3, -0.25) is 14.2 Å². The van der Waals surface area contributed by atoms with E-state index in [1.807, 2.05) is 50.8 Å². The Balaban J connectivity index is 1.80. The van der Waals surface area contributed by atoms with Gasteiger partial charge in [0.2, 0.25) is 0 Å². The molecule has 30 heavy (non-hydrogen) atoms. The minimum Gasteiger partial charge on any atom is -0.375 e. The fourth-order valence-electron chi connectivity index (χ4n) is 3.90. The molecule has 7 heteroatoms. The molecule has 2 unspecified atom stereocenters. The van der Waals surface area contributed by atoms with Crippen molar-refractivity contribution in [3.63, 3.8) is 0 Å². The van der Waals surface area contributed by atoms with Gasteiger partial charge in [0, 0.05) is 12.1 Å². The molecule has 1 aliphatic rings. The molecule has 1 amide bonds. The molecule has 6 nitrogen and oxygen atoms in total. The second-order valence-electron chi connectivity index (χ2n) is 8.00. The van der Waals surface area contributed by atoms with Gasteiger partial charge in [-0.1, -0.05) is 12.1 Å². The molecule has 1 aromatic heterocycles. The Kier molecular flexibility index (Phi) is 5.34. The Hall–Kier alpha value is -2.77. The van der Waals surface area contributed by atoms with Crippen LogP contribution in [0.3, 0.4) is 0 Å². The van der Waals surface area contributed by atoms with Crippen LogP contribution in [0.4, 0.5) is 0 Å². The molecule has 156 valence electrons. The first-order valence-corrected chi connectivity index (χ1v) is 10.5. The number of aromatic nitrogens is 2. The number of aryl methyl sites for hydroxylation is 1. The molecule has 0 spiro atoms. The summed E-state index contributed by atoms with van der Waals surface area (Å²) in [5, 5.41) is 0.490. The van der Waals surface area contributed by atoms with E-state index < -0.39 is 0 Å². The molecule has 1 fully saturated rings. The smallest absolute Gasteiger partial charge is 0.266 e. The molecule has 2 atom stereocenters. The van der Waals surface area contributed by atoms with Crippen molar-refractivity contribution in [3.8, 4) is 5.69 Å². The molecule has 3 aromatic rings. The van der Waals surface area contributed by atoms with Crippen molar-refractivity contribution in [2.24, 2.45) is 0 Å². The van der Waals surface area contributed by atoms with Crippen molar-refractivity contribution in [2.75, 3.05) is 13.2 Å². The first kappa shape index (κ1) is 20.5. The number of H-pyrrole nitrogens is 1. The topological polar surface area (TPSA) is 67.3 Å². The normalized spacial score (nSPS) is 19.3. The number of amides is 1. The summed E-state index contributed by atoms with van der Waals surface area (Å²) >= 11 is 5.52. The first-order valence-electron chi connectivity index (χ1n) is 10.1. The van der Waals surface area contributed by atoms with Gasteiger partial charge in [-0.15, -0.1) is 0 Å². The number of ether oxygens (including phenoxy) is 1. The number of rotatable bonds is 2. The fourth-order valence-corrected chi connectivity index (χ4v) is 4.19. The van der Waals surface area contributed by atoms with Crippen LogP contribution in [0.2, 0.25) is 0 Å². The Labute approximate surface area is 180 Å². The number of benzene rings is 2. The minimum atomic E-state index is -0.199. The molecule has 0 radical (unpaired) electrons. The second kappa shape index (κ2) is 7.81. The predicted octanol–water partition coefficient (Wildman–Crippen LogP) is 3.91. The van der Waals surface area contributed by atoms with Crippen molar-refractivity contribution in [1.82, 2.24) is 14.5 Å². The lowest BCUT2D eigenvalue weighted by molar-refractivity contribution is -0.0387. The molecule has 1 N–H and O–H groups in total. The lowest BCUT2D eigenvalue weighted by Gasteiger charge is -2.36. The average molecular weight is 424 g/mol. The van der Waals surface area contributed by atoms with E-state index in [4.69, 9.17) is 17.0 Å². The number of nitrogens with zero attached hydrogens (tertiary/aromatic N) is 2. The van der Waals surface area contributed by atoms with Crippen LogP contribution >= 0.6 is 12.2 Å². The summed E-state index contributed by atoms with van der Waals surface area (Å²) in [5.41, 5.74) is 3.74. The Bertz CT molecular complexity index is 1260. The third kappa shape index (κ3) is 3.48. The van der Waals surface area contributed by atoms with E-state index in [1.54, 1.807) is 18.2 Å². The zero-order valence-corrected chi connectivity index (χ0v) is 18.4. The molecule has 0 aliphatic carbocycles. The van der Waals surface area contributed by atoms with E-state index in [9.17, 15) is 9.59 Å². The standard InChI is InChI=1S/C23H25N3O3S/c1-13-6-5-7-20(16(13)4)26-22(28)18-9-8-17(10-19(18)24-23(26)30)21(27)25-11-15(3)29-12-14(25)2/h5-10,14-15H,11-12H2,1-4H3,(H,24,30). The van der Waals surface area contributed by atoms with E-state index >= 15 is 0 Å². The third-order valence-electron chi connectivity index (χ3n) is 5.83. The van der Waals surface area contributed by atoms with Crippen molar-refractivity contribution in [3.05, 3.63) is 68.2 Å². The number of carbonyl (C=O) groups is 1. The third-order valence-corrected chi connectivity index (χ3v) is 6.11. The quantitative estimate of drug-likeness (QED) is 0.635. The SMILES string of the molecule is Cc1cccc(-n2c(=S)[nH]c3cc(C(=O)N4CC(C)OCC4C)ccc3c2=O)c1C. The van der Waals surface area contributed by atoms with Gasteiger partial charge in [0.25, 0.3) is 11.5 Å². The number of aromatic amines is 1. The van der Waals surface area contributed by atoms with E-state index in [1.165, 1.54) is 4.57 Å². The Morgan fingerprint density at radius 2 is 1.97 bits per heavy atom. The molecule has 1 saturated heterocycles. The zero-order chi connectivity index (χ0) is 21.6. The van der Waals surface area contributed by atoms with E-state index in [0.717, 1.165) is 16.8 Å². The van der Waals surface area contributed by atoms with Crippen LogP contribution in [0, 0.1) is 18.6 Å². The van der Waals surface area contributed by atoms with Crippen molar-refractivity contribution >= 4 is 29.0 Å². The van der Waals surface area contributed by atoms with Gasteiger partial charge in [-0.05, 0) is 75.3 Å². The number of fused-ring (bicyclic) bond motifs is 1. The maximum atomic E-state index is 13.3. The van der Waals surface area contributed by atoms with Gasteiger partial charge in [0.1, 0.15) is 0 Å². The lowest BCUT2D eigenvalue weighted by Crippen LogP contribution is -2.50. The molecule has 0 bridgehead atoms. The second-order valence-corrected chi connectivity index (χ2v) is 8.39. The van der Waals surface area contributed by atoms with E-state index in [-0.39, 0.29) is 23.6 Å². The van der Waals surface area contributed by atoms with Crippen LogP contribution in [0.25, 0.3) is 16.6 Å². The lowest BCUT2D eigenvalue weighted by atomic mass is 10.1. The maximum Gasteiger partial charge on any atom is 0.266 e. The summed E-state index contributed by atoms with van der Waals surface area (Å²) < 4.78 is 7.45. The molecule has 0 saturated carbocycles. The highest BCUT2D eigenvalue weighted by Crippen LogP contribution is 2.20. The number of hydrogen-bond acceptors (Lipinski definition) is 4. The van der Waals surface area contributed by atoms with Crippen LogP contribution in [0.15, 0.2) is 41.2 Å². The maximum absolute atomic E-state index is 13.3. The average Bonchev–Trinajstić information content (AvgIpc) is 2.72. The number of carbonyl (C=O) groups excluding carboxylic acids is 1. The van der Waals surface area contributed by atoms with E-state index in [0.29, 0.717) is 34.4 Å². The van der Waals surface area contributed by atoms with Gasteiger partial charge in [-0.25, -0.2) is 0 Å². The van der Waals surface area contributed by atoms with Gasteiger partial charge in [0.15, 0.2) is 4.77 Å². The Morgan fingerprint density at radius 3 is 2.73 bits per heavy atom. The summed E-state index contributed by atoms with van der Waals surface area (Å²) in [6, 6.07) is 10.9. The molecule has 2 heterocycles. The zero-order valence-electron chi connectivity index (χ0n) is 17.6. The summed E-state index contributed by atoms with van der Waals surface area (Å²) in [5.74, 6) is -0.0717. The van der Waals surface area contributed by atoms with Crippen molar-refractivity contribution in [1.29, 1.82) is 0 Å². The fraction of sp³-hybridized carbons (Fsp3) is 0.348. The summed E-state index contributed by atoms with van der Waals surface area (Å²) in [6.45, 7) is 8.97. The molecular weight excluding hydrogens is 398 g/mol. The molecule has 2 aromatic carbocycles. The molecule has 1 aliphatic heterocycles. The highest BCUT2D eigenvalue weighted by Gasteiger charge is 2.28. The highest BCUT2D eigenvalue weighted by molar-refractivity contribution is 7.71. The number of hydrogen-bond donors (Lipinski definition) is 1. The number of morpholine rings is 1. The molecular formula is C23H25N3O3S. The number of nitrogens with one attached hydrogen (secondary N) is 1. The Morgan fingerprint density at radius 1 is 1.20 bits per heavy atom. The largest absolute Gasteiger partial charge is 0.375 e. The van der Waals surface area contributed by atoms with Gasteiger partial charge in [0.05, 0.1) is 35.3 Å². The summed E-state index contributed by atoms with van der Waals surface area (Å²) in [6.07, 6.45) is 0.00110. The minimum absolute atomic E-state index is 0.000173. The first-order chi connectivity index (χ1) is 14.3. The van der Waals surface area contributed by atoms with Crippen LogP contribution in [0.5, 0.6) is 0 Å². The van der Waals surface area contributed by atoms with Gasteiger partial charge in [-0.2, -0.15) is 0 Å². The molecule has 4 rings (SSSR count). The van der Waals surface area contributed by atoms with Crippen LogP contribution in [-0.2, 0) is 4.74 Å². The van der Waals surface area contributed by atoms with Crippen LogP contribution in [0.1, 0.15) is 35.3 Å². The van der Waals surface area contributed by atoms with Crippen LogP contribution < -0.4 is 5.56 Å². The predicted molar refractivity (Wildman–Crippen MR) is 120 cm³/mol. The van der Waals surface area contributed by atoms with E-state index in [2.05, 4.69) is 4.98 Å². The monoisotopic (exact) mass is 423 g/mol. The summed E-state index contributed by atoms with van der Waals surface area (Å²) in [7, 11) is 0. The summed E-state index contributed by atoms with van der Waals surface area (Å²) in [4.78, 5) is 31.3. The van der Waals surface area contributed by atoms with Crippen molar-refractivity contribution in [2.45, 2.75) is 39.8 Å². The van der Waals surface area contributed by atoms with Gasteiger partial charge >= 0.3 is 0 Å². The highest BCUT2D eigenvalue weighted by atomic mass is 32.1. The van der Waals surface area contributed by atoms with Gasteiger partial charge < -0.3 is 14.6 Å². The van der Waals surface area contributed by atoms with Crippen molar-refractivity contribution < 1.29 is 9.53 Å². The van der Waals surface area contributed by atoms with Crippen LogP contribution in [-0.4, -0.2) is 45.7 Å².